The Hall–Kier alpha value is -0.390. The molecule has 0 fully saturated rings. The van der Waals surface area contributed by atoms with Gasteiger partial charge in [0.1, 0.15) is 0 Å². The van der Waals surface area contributed by atoms with Crippen molar-refractivity contribution in [2.24, 2.45) is 0 Å². The summed E-state index contributed by atoms with van der Waals surface area (Å²) >= 11 is 0. The van der Waals surface area contributed by atoms with Crippen molar-refractivity contribution in [1.29, 1.82) is 0 Å². The zero-order valence-corrected chi connectivity index (χ0v) is 8.87. The number of rotatable bonds is 1. The van der Waals surface area contributed by atoms with Crippen molar-refractivity contribution in [3.8, 4) is 0 Å². The number of nitrogens with zero attached hydrogens (tertiary/aromatic N) is 2. The van der Waals surface area contributed by atoms with E-state index in [0.717, 1.165) is 12.2 Å². The maximum absolute atomic E-state index is 5.47. The molecule has 2 N–H and O–H groups in total. The zero-order valence-electron chi connectivity index (χ0n) is 6.71. The first-order valence-electron chi connectivity index (χ1n) is 3.37. The van der Waals surface area contributed by atoms with E-state index in [1.165, 1.54) is 0 Å². The molecule has 0 saturated carbocycles. The number of halogens is 1. The highest BCUT2D eigenvalue weighted by Crippen LogP contribution is 1.92. The second-order valence-corrected chi connectivity index (χ2v) is 2.22. The molecule has 0 aliphatic carbocycles. The summed E-state index contributed by atoms with van der Waals surface area (Å²) in [5.74, 6) is 0.576. The predicted molar refractivity (Wildman–Crippen MR) is 39.3 cm³/mol. The molecule has 0 amide bonds. The third-order valence-electron chi connectivity index (χ3n) is 1.44. The number of nitrogen functional groups attached to an aromatic ring is 1. The molecule has 62 valence electrons. The van der Waals surface area contributed by atoms with Crippen LogP contribution in [0.5, 0.6) is 0 Å². The van der Waals surface area contributed by atoms with Gasteiger partial charge in [-0.2, -0.15) is 0 Å². The van der Waals surface area contributed by atoms with Crippen molar-refractivity contribution in [1.82, 2.24) is 5.10 Å². The number of hydrogen-bond donors (Lipinski definition) is 1. The minimum absolute atomic E-state index is 0. The summed E-state index contributed by atoms with van der Waals surface area (Å²) in [6.07, 6.45) is 0. The van der Waals surface area contributed by atoms with Crippen LogP contribution >= 0.6 is 0 Å². The van der Waals surface area contributed by atoms with Gasteiger partial charge in [0.25, 0.3) is 0 Å². The summed E-state index contributed by atoms with van der Waals surface area (Å²) in [6, 6.07) is 3.77. The normalized spacial score (nSPS) is 8.91. The second kappa shape index (κ2) is 4.48. The molecule has 0 radical (unpaired) electrons. The smallest absolute Gasteiger partial charge is 0.205 e. The molecule has 0 unspecified atom stereocenters. The van der Waals surface area contributed by atoms with Crippen LogP contribution in [0, 0.1) is 6.92 Å². The number of aryl methyl sites for hydroxylation is 2. The van der Waals surface area contributed by atoms with Crippen molar-refractivity contribution in [3.63, 3.8) is 0 Å². The minimum Gasteiger partial charge on any atom is -1.00 e. The first kappa shape index (κ1) is 10.6. The van der Waals surface area contributed by atoms with Gasteiger partial charge in [-0.3, -0.25) is 0 Å². The number of aromatic nitrogens is 2. The quantitative estimate of drug-likeness (QED) is 0.443. The van der Waals surface area contributed by atoms with Crippen LogP contribution in [0.15, 0.2) is 12.1 Å². The average Bonchev–Trinajstić information content (AvgIpc) is 1.94. The van der Waals surface area contributed by atoms with Crippen LogP contribution < -0.4 is 34.4 Å². The first-order valence-corrected chi connectivity index (χ1v) is 3.37. The van der Waals surface area contributed by atoms with Crippen molar-refractivity contribution >= 4 is 5.82 Å². The highest BCUT2D eigenvalue weighted by molar-refractivity contribution is 5.23. The molecule has 0 aromatic carbocycles. The topological polar surface area (TPSA) is 42.8 Å². The predicted octanol–water partition coefficient (Wildman–Crippen LogP) is -2.72. The van der Waals surface area contributed by atoms with E-state index in [4.69, 9.17) is 5.73 Å². The number of hydrogen-bond acceptors (Lipinski definition) is 2. The lowest BCUT2D eigenvalue weighted by Gasteiger charge is -1.93. The molecule has 1 aromatic rings. The third kappa shape index (κ3) is 2.61. The monoisotopic (exact) mass is 265 g/mol. The fraction of sp³-hybridized carbons (Fsp3) is 0.429. The van der Waals surface area contributed by atoms with Crippen molar-refractivity contribution in [2.75, 3.05) is 5.73 Å². The van der Waals surface area contributed by atoms with Crippen LogP contribution in [-0.2, 0) is 6.54 Å². The van der Waals surface area contributed by atoms with Crippen LogP contribution in [-0.4, -0.2) is 5.10 Å². The summed E-state index contributed by atoms with van der Waals surface area (Å²) in [4.78, 5) is 0. The fourth-order valence-corrected chi connectivity index (χ4v) is 0.864. The van der Waals surface area contributed by atoms with Crippen molar-refractivity contribution in [2.45, 2.75) is 20.4 Å². The lowest BCUT2D eigenvalue weighted by molar-refractivity contribution is -0.755. The van der Waals surface area contributed by atoms with Gasteiger partial charge in [0.15, 0.2) is 12.4 Å². The average molecular weight is 265 g/mol. The minimum atomic E-state index is 0. The molecule has 4 heteroatoms. The van der Waals surface area contributed by atoms with Crippen LogP contribution in [0.2, 0.25) is 0 Å². The lowest BCUT2D eigenvalue weighted by atomic mass is 10.4. The molecule has 0 atom stereocenters. The Labute approximate surface area is 83.6 Å². The number of nitrogens with two attached hydrogens (primary N) is 1. The number of anilines is 1. The summed E-state index contributed by atoms with van der Waals surface area (Å²) < 4.78 is 1.87. The van der Waals surface area contributed by atoms with Gasteiger partial charge in [-0.15, -0.1) is 0 Å². The van der Waals surface area contributed by atoms with Crippen LogP contribution in [0.1, 0.15) is 12.6 Å². The summed E-state index contributed by atoms with van der Waals surface area (Å²) in [5.41, 5.74) is 6.61. The van der Waals surface area contributed by atoms with E-state index in [1.54, 1.807) is 0 Å². The molecule has 0 bridgehead atoms. The molecule has 1 rings (SSSR count). The second-order valence-electron chi connectivity index (χ2n) is 2.22. The van der Waals surface area contributed by atoms with E-state index in [-0.39, 0.29) is 24.0 Å². The highest BCUT2D eigenvalue weighted by atomic mass is 127. The standard InChI is InChI=1S/C7H12N3.HI/c1-3-10-6(2)4-5-7(8)9-10;/h4-5H,3H2,1-2H3,(H2,8,9);1H/q+1;/p-1. The highest BCUT2D eigenvalue weighted by Gasteiger charge is 2.03. The Bertz CT molecular complexity index is 237. The van der Waals surface area contributed by atoms with Crippen LogP contribution in [0.4, 0.5) is 5.82 Å². The van der Waals surface area contributed by atoms with Gasteiger partial charge < -0.3 is 29.7 Å². The Balaban J connectivity index is 0.000001000. The van der Waals surface area contributed by atoms with Crippen LogP contribution in [0.25, 0.3) is 0 Å². The van der Waals surface area contributed by atoms with Crippen LogP contribution in [0.3, 0.4) is 0 Å². The molecule has 1 aromatic heterocycles. The van der Waals surface area contributed by atoms with Gasteiger partial charge in [0.2, 0.25) is 5.69 Å². The summed E-state index contributed by atoms with van der Waals surface area (Å²) in [5, 5.41) is 4.09. The van der Waals surface area contributed by atoms with Gasteiger partial charge in [0.05, 0.1) is 0 Å². The maximum Gasteiger partial charge on any atom is 0.205 e. The van der Waals surface area contributed by atoms with Gasteiger partial charge in [-0.25, -0.2) is 0 Å². The molecule has 0 aliphatic rings. The van der Waals surface area contributed by atoms with E-state index >= 15 is 0 Å². The molecule has 0 aliphatic heterocycles. The summed E-state index contributed by atoms with van der Waals surface area (Å²) in [7, 11) is 0. The third-order valence-corrected chi connectivity index (χ3v) is 1.44. The summed E-state index contributed by atoms with van der Waals surface area (Å²) in [6.45, 7) is 4.92. The molecule has 1 heterocycles. The Kier molecular flexibility index (Phi) is 4.32. The Morgan fingerprint density at radius 3 is 2.64 bits per heavy atom. The molecular weight excluding hydrogens is 253 g/mol. The lowest BCUT2D eigenvalue weighted by Crippen LogP contribution is -3.00. The molecule has 3 nitrogen and oxygen atoms in total. The van der Waals surface area contributed by atoms with Gasteiger partial charge in [-0.1, -0.05) is 4.68 Å². The molecular formula is C7H12IN3. The zero-order chi connectivity index (χ0) is 7.56. The SMILES string of the molecule is CC[n+]1nc(N)ccc1C.[I-]. The van der Waals surface area contributed by atoms with E-state index < -0.39 is 0 Å². The molecule has 11 heavy (non-hydrogen) atoms. The van der Waals surface area contributed by atoms with E-state index in [1.807, 2.05) is 30.7 Å². The van der Waals surface area contributed by atoms with Crippen molar-refractivity contribution in [3.05, 3.63) is 17.8 Å². The van der Waals surface area contributed by atoms with Gasteiger partial charge in [0, 0.05) is 18.1 Å². The largest absolute Gasteiger partial charge is 1.00 e. The van der Waals surface area contributed by atoms with Crippen molar-refractivity contribution < 1.29 is 28.7 Å². The van der Waals surface area contributed by atoms with E-state index in [0.29, 0.717) is 5.82 Å². The van der Waals surface area contributed by atoms with Gasteiger partial charge >= 0.3 is 0 Å². The molecule has 0 saturated heterocycles. The Morgan fingerprint density at radius 1 is 1.55 bits per heavy atom. The maximum atomic E-state index is 5.47. The van der Waals surface area contributed by atoms with Gasteiger partial charge in [-0.05, 0) is 13.0 Å². The Morgan fingerprint density at radius 2 is 2.18 bits per heavy atom. The fourth-order valence-electron chi connectivity index (χ4n) is 0.864. The molecule has 0 spiro atoms. The first-order chi connectivity index (χ1) is 4.74. The van der Waals surface area contributed by atoms with E-state index in [9.17, 15) is 0 Å². The van der Waals surface area contributed by atoms with E-state index in [2.05, 4.69) is 5.10 Å².